The highest BCUT2D eigenvalue weighted by atomic mass is 15.0. The summed E-state index contributed by atoms with van der Waals surface area (Å²) in [6.45, 7) is 0. The number of hydrogen-bond donors (Lipinski definition) is 0. The summed E-state index contributed by atoms with van der Waals surface area (Å²) in [7, 11) is 16.0. The maximum atomic E-state index is 5.16. The van der Waals surface area contributed by atoms with Crippen molar-refractivity contribution in [3.8, 4) is 67.5 Å². The first-order valence-corrected chi connectivity index (χ1v) is 21.2. The lowest BCUT2D eigenvalue weighted by atomic mass is 9.59. The SMILES string of the molecule is Bc1c(B)c(B)c2c(-c3ccc4cc(-c5cccc(-c6nc(-c7ccccc7)nc(-c7cccc(-c8cccc9ccccc89)c7)n6)c5)ccc4c3)c(B)c(B)c(B)c2c1B. The molecule has 10 rings (SSSR count). The molecule has 0 N–H and O–H groups in total. The smallest absolute Gasteiger partial charge is 0.164 e. The van der Waals surface area contributed by atoms with Crippen molar-refractivity contribution in [1.82, 2.24) is 15.0 Å². The summed E-state index contributed by atoms with van der Waals surface area (Å²) in [5.74, 6) is 1.92. The van der Waals surface area contributed by atoms with Crippen molar-refractivity contribution in [3.05, 3.63) is 158 Å². The topological polar surface area (TPSA) is 38.7 Å². The molecule has 0 atom stereocenters. The Balaban J connectivity index is 1.05. The summed E-state index contributed by atoms with van der Waals surface area (Å²) in [6.07, 6.45) is 0. The van der Waals surface area contributed by atoms with Crippen LogP contribution in [0.1, 0.15) is 0 Å². The third-order valence-corrected chi connectivity index (χ3v) is 13.3. The molecule has 0 aliphatic heterocycles. The fraction of sp³-hybridized carbons (Fsp3) is 0. The van der Waals surface area contributed by atoms with E-state index in [0.29, 0.717) is 17.5 Å². The van der Waals surface area contributed by atoms with Crippen LogP contribution >= 0.6 is 0 Å². The third kappa shape index (κ3) is 6.71. The van der Waals surface area contributed by atoms with Crippen LogP contribution in [0.25, 0.3) is 99.9 Å². The van der Waals surface area contributed by atoms with E-state index >= 15 is 0 Å². The Hall–Kier alpha value is -6.78. The monoisotopic (exact) mass is 771 g/mol. The summed E-state index contributed by atoms with van der Waals surface area (Å²) >= 11 is 0. The highest BCUT2D eigenvalue weighted by molar-refractivity contribution is 6.71. The first-order chi connectivity index (χ1) is 29.6. The van der Waals surface area contributed by atoms with Gasteiger partial charge in [-0.15, -0.1) is 16.4 Å². The van der Waals surface area contributed by atoms with Crippen LogP contribution in [0.5, 0.6) is 0 Å². The number of benzene rings is 9. The summed E-state index contributed by atoms with van der Waals surface area (Å²) < 4.78 is 0. The molecule has 0 spiro atoms. The minimum absolute atomic E-state index is 0.638. The molecule has 1 heterocycles. The molecule has 0 unspecified atom stereocenters. The van der Waals surface area contributed by atoms with Gasteiger partial charge in [-0.25, -0.2) is 15.0 Å². The summed E-state index contributed by atoms with van der Waals surface area (Å²) in [4.78, 5) is 15.3. The molecule has 61 heavy (non-hydrogen) atoms. The van der Waals surface area contributed by atoms with Gasteiger partial charge in [0.2, 0.25) is 0 Å². The van der Waals surface area contributed by atoms with Gasteiger partial charge in [-0.05, 0) is 90.0 Å². The fourth-order valence-corrected chi connectivity index (χ4v) is 9.37. The molecular weight excluding hydrogens is 730 g/mol. The average Bonchev–Trinajstić information content (AvgIpc) is 3.31. The van der Waals surface area contributed by atoms with Crippen molar-refractivity contribution in [2.45, 2.75) is 0 Å². The van der Waals surface area contributed by atoms with Gasteiger partial charge >= 0.3 is 0 Å². The molecule has 1 aromatic heterocycles. The second-order valence-electron chi connectivity index (χ2n) is 16.6. The van der Waals surface area contributed by atoms with E-state index in [-0.39, 0.29) is 0 Å². The summed E-state index contributed by atoms with van der Waals surface area (Å²) in [5, 5.41) is 7.66. The van der Waals surface area contributed by atoms with E-state index in [1.165, 1.54) is 87.2 Å². The van der Waals surface area contributed by atoms with Gasteiger partial charge in [0.05, 0.1) is 0 Å². The van der Waals surface area contributed by atoms with E-state index in [1.54, 1.807) is 0 Å². The Labute approximate surface area is 364 Å². The number of rotatable bonds is 6. The molecule has 0 saturated heterocycles. The standard InChI is InChI=1S/C51H40B7N3/c52-42-39(40-41(44(54)46(42)56)45(55)48(58)47(57)43(40)53)34-22-21-31-23-30(19-20-32(31)24-34)29-13-6-15-35(25-29)50-59-49(28-10-2-1-3-11-28)60-51(61-50)36-16-7-14-33(26-36)38-18-8-12-27-9-4-5-17-37(27)38/h1-26H,52-58H2. The molecule has 10 heteroatoms. The van der Waals surface area contributed by atoms with Gasteiger partial charge in [0.15, 0.2) is 17.5 Å². The normalized spacial score (nSPS) is 11.4. The Kier molecular flexibility index (Phi) is 9.67. The van der Waals surface area contributed by atoms with E-state index in [2.05, 4.69) is 194 Å². The molecule has 0 radical (unpaired) electrons. The van der Waals surface area contributed by atoms with Crippen molar-refractivity contribution in [2.75, 3.05) is 0 Å². The van der Waals surface area contributed by atoms with E-state index in [4.69, 9.17) is 15.0 Å². The van der Waals surface area contributed by atoms with Crippen LogP contribution < -0.4 is 38.2 Å². The Morgan fingerprint density at radius 3 is 1.43 bits per heavy atom. The lowest BCUT2D eigenvalue weighted by molar-refractivity contribution is 1.07. The largest absolute Gasteiger partial charge is 0.208 e. The predicted octanol–water partition coefficient (Wildman–Crippen LogP) is 1.14. The van der Waals surface area contributed by atoms with Crippen molar-refractivity contribution < 1.29 is 0 Å². The van der Waals surface area contributed by atoms with Crippen molar-refractivity contribution in [3.63, 3.8) is 0 Å². The molecule has 0 bridgehead atoms. The summed E-state index contributed by atoms with van der Waals surface area (Å²) in [5.41, 5.74) is 19.7. The first-order valence-electron chi connectivity index (χ1n) is 21.2. The highest BCUT2D eigenvalue weighted by Gasteiger charge is 2.20. The van der Waals surface area contributed by atoms with E-state index < -0.39 is 0 Å². The quantitative estimate of drug-likeness (QED) is 0.239. The molecule has 0 aliphatic rings. The zero-order valence-corrected chi connectivity index (χ0v) is 35.9. The second-order valence-corrected chi connectivity index (χ2v) is 16.6. The van der Waals surface area contributed by atoms with Crippen molar-refractivity contribution in [2.24, 2.45) is 0 Å². The maximum absolute atomic E-state index is 5.16. The van der Waals surface area contributed by atoms with Gasteiger partial charge in [-0.1, -0.05) is 155 Å². The first kappa shape index (κ1) is 38.4. The number of nitrogens with zero attached hydrogens (tertiary/aromatic N) is 3. The van der Waals surface area contributed by atoms with Gasteiger partial charge in [0.1, 0.15) is 54.9 Å². The molecule has 10 aromatic rings. The van der Waals surface area contributed by atoms with Crippen LogP contribution in [-0.4, -0.2) is 69.9 Å². The van der Waals surface area contributed by atoms with Crippen LogP contribution in [0.4, 0.5) is 0 Å². The lowest BCUT2D eigenvalue weighted by Gasteiger charge is -2.25. The molecule has 3 nitrogen and oxygen atoms in total. The van der Waals surface area contributed by atoms with Crippen LogP contribution in [-0.2, 0) is 0 Å². The zero-order chi connectivity index (χ0) is 41.9. The Morgan fingerprint density at radius 2 is 0.738 bits per heavy atom. The average molecular weight is 771 g/mol. The molecule has 280 valence electrons. The zero-order valence-electron chi connectivity index (χ0n) is 35.9. The number of fused-ring (bicyclic) bond motifs is 3. The van der Waals surface area contributed by atoms with Crippen LogP contribution in [0.3, 0.4) is 0 Å². The maximum Gasteiger partial charge on any atom is 0.164 e. The third-order valence-electron chi connectivity index (χ3n) is 13.3. The minimum atomic E-state index is 0.638. The predicted molar refractivity (Wildman–Crippen MR) is 282 cm³/mol. The Bertz CT molecular complexity index is 3390. The van der Waals surface area contributed by atoms with E-state index in [0.717, 1.165) is 33.4 Å². The van der Waals surface area contributed by atoms with Gasteiger partial charge in [0.25, 0.3) is 0 Å². The van der Waals surface area contributed by atoms with Gasteiger partial charge in [-0.3, -0.25) is 0 Å². The Morgan fingerprint density at radius 1 is 0.279 bits per heavy atom. The summed E-state index contributed by atoms with van der Waals surface area (Å²) in [6, 6.07) is 56.1. The van der Waals surface area contributed by atoms with Crippen molar-refractivity contribution in [1.29, 1.82) is 0 Å². The van der Waals surface area contributed by atoms with Crippen LogP contribution in [0.15, 0.2) is 158 Å². The molecule has 0 saturated carbocycles. The van der Waals surface area contributed by atoms with Crippen LogP contribution in [0, 0.1) is 0 Å². The minimum Gasteiger partial charge on any atom is -0.208 e. The van der Waals surface area contributed by atoms with E-state index in [1.807, 2.05) is 18.2 Å². The fourth-order valence-electron chi connectivity index (χ4n) is 9.37. The van der Waals surface area contributed by atoms with E-state index in [9.17, 15) is 0 Å². The molecule has 0 aliphatic carbocycles. The van der Waals surface area contributed by atoms with Gasteiger partial charge in [-0.2, -0.15) is 0 Å². The van der Waals surface area contributed by atoms with Crippen molar-refractivity contribution >= 4 is 125 Å². The number of aromatic nitrogens is 3. The molecule has 0 amide bonds. The van der Waals surface area contributed by atoms with Crippen LogP contribution in [0.2, 0.25) is 0 Å². The second kappa shape index (κ2) is 15.4. The lowest BCUT2D eigenvalue weighted by Crippen LogP contribution is -2.52. The van der Waals surface area contributed by atoms with Gasteiger partial charge < -0.3 is 0 Å². The molecule has 0 fully saturated rings. The molecule has 9 aromatic carbocycles. The highest BCUT2D eigenvalue weighted by Crippen LogP contribution is 2.34. The molecular formula is C51H40B7N3. The van der Waals surface area contributed by atoms with Gasteiger partial charge in [0, 0.05) is 16.7 Å². The number of hydrogen-bond acceptors (Lipinski definition) is 3.